The number of hydrogen-bond donors (Lipinski definition) is 2. The molecule has 7 nitrogen and oxygen atoms in total. The molecule has 1 amide bonds. The molecular formula is C14H16N4O3S. The second-order valence-electron chi connectivity index (χ2n) is 5.11. The zero-order chi connectivity index (χ0) is 15.7. The van der Waals surface area contributed by atoms with Crippen molar-refractivity contribution in [3.8, 4) is 0 Å². The lowest BCUT2D eigenvalue weighted by atomic mass is 9.96. The highest BCUT2D eigenvalue weighted by Gasteiger charge is 2.23. The topological polar surface area (TPSA) is 97.0 Å². The van der Waals surface area contributed by atoms with E-state index in [4.69, 9.17) is 0 Å². The SMILES string of the molecule is COC(=O)c1nc(NC(=O)c2n[nH]c3c2CCCC3)sc1C. The quantitative estimate of drug-likeness (QED) is 0.844. The van der Waals surface area contributed by atoms with Crippen LogP contribution in [0.2, 0.25) is 0 Å². The number of fused-ring (bicyclic) bond motifs is 1. The van der Waals surface area contributed by atoms with E-state index in [1.54, 1.807) is 6.92 Å². The van der Waals surface area contributed by atoms with Crippen LogP contribution in [0.3, 0.4) is 0 Å². The first-order chi connectivity index (χ1) is 10.6. The second-order valence-corrected chi connectivity index (χ2v) is 6.31. The smallest absolute Gasteiger partial charge is 0.357 e. The summed E-state index contributed by atoms with van der Waals surface area (Å²) in [5.41, 5.74) is 2.68. The summed E-state index contributed by atoms with van der Waals surface area (Å²) in [5.74, 6) is -0.809. The maximum atomic E-state index is 12.4. The standard InChI is InChI=1S/C14H16N4O3S/c1-7-10(13(20)21-2)15-14(22-7)16-12(19)11-8-5-3-4-6-9(8)17-18-11/h3-6H2,1-2H3,(H,17,18)(H,15,16,19). The molecule has 8 heteroatoms. The van der Waals surface area contributed by atoms with Gasteiger partial charge in [-0.2, -0.15) is 5.10 Å². The van der Waals surface area contributed by atoms with Crippen LogP contribution in [-0.2, 0) is 17.6 Å². The molecule has 0 radical (unpaired) electrons. The van der Waals surface area contributed by atoms with Crippen LogP contribution in [0.1, 0.15) is 50.0 Å². The lowest BCUT2D eigenvalue weighted by molar-refractivity contribution is 0.0594. The number of aromatic amines is 1. The lowest BCUT2D eigenvalue weighted by Crippen LogP contribution is -2.15. The van der Waals surface area contributed by atoms with Crippen molar-refractivity contribution in [1.82, 2.24) is 15.2 Å². The van der Waals surface area contributed by atoms with Crippen LogP contribution in [-0.4, -0.2) is 34.2 Å². The van der Waals surface area contributed by atoms with Gasteiger partial charge in [-0.05, 0) is 32.6 Å². The first kappa shape index (κ1) is 14.7. The molecule has 2 heterocycles. The molecule has 0 saturated heterocycles. The molecule has 1 aliphatic rings. The number of H-pyrrole nitrogens is 1. The van der Waals surface area contributed by atoms with E-state index in [-0.39, 0.29) is 11.6 Å². The number of carbonyl (C=O) groups is 2. The molecule has 0 aliphatic heterocycles. The lowest BCUT2D eigenvalue weighted by Gasteiger charge is -2.10. The number of hydrogen-bond acceptors (Lipinski definition) is 6. The maximum Gasteiger partial charge on any atom is 0.357 e. The van der Waals surface area contributed by atoms with Crippen molar-refractivity contribution in [3.05, 3.63) is 27.5 Å². The number of esters is 1. The van der Waals surface area contributed by atoms with Crippen LogP contribution in [0.4, 0.5) is 5.13 Å². The Morgan fingerprint density at radius 2 is 2.05 bits per heavy atom. The van der Waals surface area contributed by atoms with Crippen molar-refractivity contribution in [2.45, 2.75) is 32.6 Å². The zero-order valence-electron chi connectivity index (χ0n) is 12.4. The predicted molar refractivity (Wildman–Crippen MR) is 81.4 cm³/mol. The van der Waals surface area contributed by atoms with Crippen LogP contribution >= 0.6 is 11.3 Å². The molecule has 0 aromatic carbocycles. The Morgan fingerprint density at radius 3 is 2.82 bits per heavy atom. The van der Waals surface area contributed by atoms with Gasteiger partial charge in [0.25, 0.3) is 5.91 Å². The largest absolute Gasteiger partial charge is 0.464 e. The number of anilines is 1. The molecule has 1 aliphatic carbocycles. The zero-order valence-corrected chi connectivity index (χ0v) is 13.2. The van der Waals surface area contributed by atoms with Crippen molar-refractivity contribution in [2.75, 3.05) is 12.4 Å². The van der Waals surface area contributed by atoms with E-state index in [9.17, 15) is 9.59 Å². The number of amides is 1. The molecule has 22 heavy (non-hydrogen) atoms. The van der Waals surface area contributed by atoms with Gasteiger partial charge in [-0.15, -0.1) is 11.3 Å². The fraction of sp³-hybridized carbons (Fsp3) is 0.429. The van der Waals surface area contributed by atoms with Crippen LogP contribution < -0.4 is 5.32 Å². The van der Waals surface area contributed by atoms with Gasteiger partial charge in [0.1, 0.15) is 0 Å². The molecule has 3 rings (SSSR count). The molecule has 0 unspecified atom stereocenters. The maximum absolute atomic E-state index is 12.4. The summed E-state index contributed by atoms with van der Waals surface area (Å²) in [5, 5.41) is 10.1. The predicted octanol–water partition coefficient (Wildman–Crippen LogP) is 2.09. The normalized spacial score (nSPS) is 13.5. The average Bonchev–Trinajstić information content (AvgIpc) is 3.10. The minimum Gasteiger partial charge on any atom is -0.464 e. The Balaban J connectivity index is 1.80. The summed E-state index contributed by atoms with van der Waals surface area (Å²) in [7, 11) is 1.30. The summed E-state index contributed by atoms with van der Waals surface area (Å²) < 4.78 is 4.66. The first-order valence-corrected chi connectivity index (χ1v) is 7.85. The Labute approximate surface area is 131 Å². The molecule has 2 aromatic heterocycles. The van der Waals surface area contributed by atoms with Crippen LogP contribution in [0.25, 0.3) is 0 Å². The number of ether oxygens (including phenoxy) is 1. The molecule has 2 aromatic rings. The van der Waals surface area contributed by atoms with Crippen LogP contribution in [0.15, 0.2) is 0 Å². The Bertz CT molecular complexity index is 735. The number of carbonyl (C=O) groups excluding carboxylic acids is 2. The van der Waals surface area contributed by atoms with Gasteiger partial charge in [-0.1, -0.05) is 0 Å². The van der Waals surface area contributed by atoms with Crippen molar-refractivity contribution < 1.29 is 14.3 Å². The monoisotopic (exact) mass is 320 g/mol. The van der Waals surface area contributed by atoms with E-state index in [0.29, 0.717) is 15.7 Å². The molecule has 116 valence electrons. The van der Waals surface area contributed by atoms with E-state index in [1.807, 2.05) is 0 Å². The van der Waals surface area contributed by atoms with Gasteiger partial charge >= 0.3 is 5.97 Å². The molecule has 0 bridgehead atoms. The summed E-state index contributed by atoms with van der Waals surface area (Å²) in [6.45, 7) is 1.76. The third-order valence-electron chi connectivity index (χ3n) is 3.67. The number of aryl methyl sites for hydroxylation is 2. The fourth-order valence-electron chi connectivity index (χ4n) is 2.56. The summed E-state index contributed by atoms with van der Waals surface area (Å²) in [4.78, 5) is 28.7. The van der Waals surface area contributed by atoms with E-state index in [0.717, 1.165) is 36.9 Å². The third-order valence-corrected chi connectivity index (χ3v) is 4.55. The highest BCUT2D eigenvalue weighted by Crippen LogP contribution is 2.25. The van der Waals surface area contributed by atoms with Gasteiger partial charge < -0.3 is 4.74 Å². The number of nitrogens with one attached hydrogen (secondary N) is 2. The van der Waals surface area contributed by atoms with E-state index >= 15 is 0 Å². The number of methoxy groups -OCH3 is 1. The Morgan fingerprint density at radius 1 is 1.27 bits per heavy atom. The molecule has 0 fully saturated rings. The minimum absolute atomic E-state index is 0.229. The number of rotatable bonds is 3. The number of aromatic nitrogens is 3. The van der Waals surface area contributed by atoms with Crippen molar-refractivity contribution in [3.63, 3.8) is 0 Å². The minimum atomic E-state index is -0.508. The van der Waals surface area contributed by atoms with E-state index in [1.165, 1.54) is 18.4 Å². The van der Waals surface area contributed by atoms with E-state index < -0.39 is 5.97 Å². The molecule has 0 saturated carbocycles. The highest BCUT2D eigenvalue weighted by atomic mass is 32.1. The number of nitrogens with zero attached hydrogens (tertiary/aromatic N) is 2. The third kappa shape index (κ3) is 2.61. The van der Waals surface area contributed by atoms with Gasteiger partial charge in [-0.25, -0.2) is 9.78 Å². The highest BCUT2D eigenvalue weighted by molar-refractivity contribution is 7.16. The van der Waals surface area contributed by atoms with Crippen LogP contribution in [0.5, 0.6) is 0 Å². The van der Waals surface area contributed by atoms with Gasteiger partial charge in [0.2, 0.25) is 0 Å². The first-order valence-electron chi connectivity index (χ1n) is 7.03. The van der Waals surface area contributed by atoms with Gasteiger partial charge in [-0.3, -0.25) is 15.2 Å². The van der Waals surface area contributed by atoms with Crippen molar-refractivity contribution in [2.24, 2.45) is 0 Å². The molecule has 2 N–H and O–H groups in total. The fourth-order valence-corrected chi connectivity index (χ4v) is 3.36. The number of thiazole rings is 1. The Kier molecular flexibility index (Phi) is 3.93. The summed E-state index contributed by atoms with van der Waals surface area (Å²) in [6, 6.07) is 0. The van der Waals surface area contributed by atoms with E-state index in [2.05, 4.69) is 25.2 Å². The van der Waals surface area contributed by atoms with Gasteiger partial charge in [0.15, 0.2) is 16.5 Å². The molecule has 0 spiro atoms. The molecular weight excluding hydrogens is 304 g/mol. The average molecular weight is 320 g/mol. The van der Waals surface area contributed by atoms with Gasteiger partial charge in [0, 0.05) is 16.1 Å². The van der Waals surface area contributed by atoms with Crippen LogP contribution in [0, 0.1) is 6.92 Å². The van der Waals surface area contributed by atoms with Gasteiger partial charge in [0.05, 0.1) is 7.11 Å². The summed E-state index contributed by atoms with van der Waals surface area (Å²) >= 11 is 1.24. The molecule has 0 atom stereocenters. The summed E-state index contributed by atoms with van der Waals surface area (Å²) in [6.07, 6.45) is 3.97. The van der Waals surface area contributed by atoms with Crippen molar-refractivity contribution >= 4 is 28.3 Å². The Hall–Kier alpha value is -2.22. The second kappa shape index (κ2) is 5.88. The van der Waals surface area contributed by atoms with Crippen molar-refractivity contribution in [1.29, 1.82) is 0 Å².